The molecule has 28 heavy (non-hydrogen) atoms. The van der Waals surface area contributed by atoms with Crippen LogP contribution in [0.15, 0.2) is 29.3 Å². The lowest BCUT2D eigenvalue weighted by atomic mass is 9.94. The second-order valence-electron chi connectivity index (χ2n) is 7.04. The molecule has 1 rings (SSSR count). The van der Waals surface area contributed by atoms with E-state index >= 15 is 0 Å². The molecule has 1 atom stereocenters. The molecule has 0 aliphatic carbocycles. The van der Waals surface area contributed by atoms with Gasteiger partial charge in [-0.3, -0.25) is 4.99 Å². The van der Waals surface area contributed by atoms with Gasteiger partial charge in [0.15, 0.2) is 5.96 Å². The van der Waals surface area contributed by atoms with Crippen LogP contribution in [0.1, 0.15) is 40.0 Å². The quantitative estimate of drug-likeness (QED) is 0.164. The Labute approximate surface area is 187 Å². The van der Waals surface area contributed by atoms with Gasteiger partial charge in [-0.05, 0) is 50.2 Å². The van der Waals surface area contributed by atoms with E-state index in [2.05, 4.69) is 36.4 Å². The van der Waals surface area contributed by atoms with Gasteiger partial charge in [0, 0.05) is 32.3 Å². The van der Waals surface area contributed by atoms with Gasteiger partial charge in [0.25, 0.3) is 0 Å². The fraction of sp³-hybridized carbons (Fsp3) is 0.667. The second-order valence-corrected chi connectivity index (χ2v) is 7.04. The van der Waals surface area contributed by atoms with Crippen LogP contribution in [-0.2, 0) is 0 Å². The van der Waals surface area contributed by atoms with Crippen molar-refractivity contribution in [2.75, 3.05) is 40.0 Å². The van der Waals surface area contributed by atoms with Crippen molar-refractivity contribution in [3.63, 3.8) is 0 Å². The smallest absolute Gasteiger partial charge is 0.191 e. The summed E-state index contributed by atoms with van der Waals surface area (Å²) >= 11 is 0. The topological polar surface area (TPSA) is 75.1 Å². The third-order valence-corrected chi connectivity index (χ3v) is 4.12. The van der Waals surface area contributed by atoms with Crippen LogP contribution in [-0.4, -0.2) is 51.0 Å². The molecule has 0 bridgehead atoms. The zero-order chi connectivity index (χ0) is 19.9. The number of aliphatic imine (C=N–C) groups is 1. The predicted octanol–water partition coefficient (Wildman–Crippen LogP) is 3.68. The number of halogens is 1. The minimum Gasteiger partial charge on any atom is -0.497 e. The standard InChI is InChI=1S/C21H37N3O3.HI/c1-5-22-21(24-16-18(10-12-25)14-17(2)3)23-11-7-13-27-20-9-6-8-19(15-20)26-4;/h6,8-9,15,17-18,25H,5,7,10-14,16H2,1-4H3,(H2,22,23,24);1H. The number of rotatable bonds is 13. The predicted molar refractivity (Wildman–Crippen MR) is 127 cm³/mol. The highest BCUT2D eigenvalue weighted by atomic mass is 127. The summed E-state index contributed by atoms with van der Waals surface area (Å²) in [6.45, 7) is 9.65. The zero-order valence-corrected chi connectivity index (χ0v) is 20.1. The van der Waals surface area contributed by atoms with Crippen LogP contribution >= 0.6 is 24.0 Å². The Morgan fingerprint density at radius 3 is 2.61 bits per heavy atom. The van der Waals surface area contributed by atoms with E-state index in [1.807, 2.05) is 24.3 Å². The van der Waals surface area contributed by atoms with Crippen molar-refractivity contribution < 1.29 is 14.6 Å². The summed E-state index contributed by atoms with van der Waals surface area (Å²) < 4.78 is 11.0. The van der Waals surface area contributed by atoms with Gasteiger partial charge in [-0.15, -0.1) is 24.0 Å². The lowest BCUT2D eigenvalue weighted by Gasteiger charge is -2.17. The van der Waals surface area contributed by atoms with Gasteiger partial charge in [-0.2, -0.15) is 0 Å². The molecule has 0 aromatic heterocycles. The number of ether oxygens (including phenoxy) is 2. The normalized spacial score (nSPS) is 12.3. The van der Waals surface area contributed by atoms with E-state index in [0.29, 0.717) is 18.4 Å². The van der Waals surface area contributed by atoms with Gasteiger partial charge in [0.05, 0.1) is 13.7 Å². The number of guanidine groups is 1. The molecule has 0 amide bonds. The van der Waals surface area contributed by atoms with E-state index in [9.17, 15) is 5.11 Å². The summed E-state index contributed by atoms with van der Waals surface area (Å²) in [5.74, 6) is 3.47. The van der Waals surface area contributed by atoms with Gasteiger partial charge >= 0.3 is 0 Å². The van der Waals surface area contributed by atoms with Crippen molar-refractivity contribution in [1.29, 1.82) is 0 Å². The molecule has 6 nitrogen and oxygen atoms in total. The Morgan fingerprint density at radius 2 is 1.96 bits per heavy atom. The molecular formula is C21H38IN3O3. The number of hydrogen-bond donors (Lipinski definition) is 3. The fourth-order valence-corrected chi connectivity index (χ4v) is 2.86. The summed E-state index contributed by atoms with van der Waals surface area (Å²) in [4.78, 5) is 4.69. The SMILES string of the molecule is CCNC(=NCC(CCO)CC(C)C)NCCCOc1cccc(OC)c1.I. The Morgan fingerprint density at radius 1 is 1.21 bits per heavy atom. The van der Waals surface area contributed by atoms with Crippen LogP contribution in [0.5, 0.6) is 11.5 Å². The summed E-state index contributed by atoms with van der Waals surface area (Å²) in [5, 5.41) is 15.9. The van der Waals surface area contributed by atoms with Crippen molar-refractivity contribution in [1.82, 2.24) is 10.6 Å². The molecule has 0 aliphatic rings. The highest BCUT2D eigenvalue weighted by molar-refractivity contribution is 14.0. The Hall–Kier alpha value is -1.22. The highest BCUT2D eigenvalue weighted by Crippen LogP contribution is 2.18. The van der Waals surface area contributed by atoms with Crippen LogP contribution in [0.3, 0.4) is 0 Å². The largest absolute Gasteiger partial charge is 0.497 e. The lowest BCUT2D eigenvalue weighted by Crippen LogP contribution is -2.38. The maximum absolute atomic E-state index is 9.24. The van der Waals surface area contributed by atoms with Crippen LogP contribution < -0.4 is 20.1 Å². The monoisotopic (exact) mass is 507 g/mol. The molecule has 0 heterocycles. The lowest BCUT2D eigenvalue weighted by molar-refractivity contribution is 0.245. The van der Waals surface area contributed by atoms with Crippen LogP contribution in [0, 0.1) is 11.8 Å². The number of benzene rings is 1. The maximum atomic E-state index is 9.24. The fourth-order valence-electron chi connectivity index (χ4n) is 2.86. The van der Waals surface area contributed by atoms with E-state index < -0.39 is 0 Å². The Balaban J connectivity index is 0.00000729. The molecule has 1 aromatic carbocycles. The van der Waals surface area contributed by atoms with Gasteiger partial charge in [0.1, 0.15) is 11.5 Å². The van der Waals surface area contributed by atoms with Gasteiger partial charge in [0.2, 0.25) is 0 Å². The van der Waals surface area contributed by atoms with Crippen molar-refractivity contribution in [3.8, 4) is 11.5 Å². The number of nitrogens with one attached hydrogen (secondary N) is 2. The number of hydrogen-bond acceptors (Lipinski definition) is 4. The van der Waals surface area contributed by atoms with Crippen LogP contribution in [0.4, 0.5) is 0 Å². The molecular weight excluding hydrogens is 469 g/mol. The molecule has 0 radical (unpaired) electrons. The molecule has 0 spiro atoms. The maximum Gasteiger partial charge on any atom is 0.191 e. The number of aliphatic hydroxyl groups is 1. The first-order valence-electron chi connectivity index (χ1n) is 9.98. The van der Waals surface area contributed by atoms with Crippen LogP contribution in [0.25, 0.3) is 0 Å². The summed E-state index contributed by atoms with van der Waals surface area (Å²) in [6.07, 6.45) is 2.75. The summed E-state index contributed by atoms with van der Waals surface area (Å²) in [7, 11) is 1.65. The van der Waals surface area contributed by atoms with Gasteiger partial charge < -0.3 is 25.2 Å². The van der Waals surface area contributed by atoms with E-state index in [0.717, 1.165) is 56.4 Å². The molecule has 1 aromatic rings. The Kier molecular flexibility index (Phi) is 16.0. The number of nitrogens with zero attached hydrogens (tertiary/aromatic N) is 1. The van der Waals surface area contributed by atoms with E-state index in [4.69, 9.17) is 9.47 Å². The van der Waals surface area contributed by atoms with E-state index in [1.54, 1.807) is 7.11 Å². The molecule has 0 aliphatic heterocycles. The molecule has 1 unspecified atom stereocenters. The van der Waals surface area contributed by atoms with Crippen molar-refractivity contribution in [2.45, 2.75) is 40.0 Å². The molecule has 0 saturated heterocycles. The zero-order valence-electron chi connectivity index (χ0n) is 17.7. The van der Waals surface area contributed by atoms with Gasteiger partial charge in [-0.1, -0.05) is 19.9 Å². The van der Waals surface area contributed by atoms with Gasteiger partial charge in [-0.25, -0.2) is 0 Å². The van der Waals surface area contributed by atoms with E-state index in [1.165, 1.54) is 0 Å². The van der Waals surface area contributed by atoms with Crippen molar-refractivity contribution in [2.24, 2.45) is 16.8 Å². The molecule has 7 heteroatoms. The average molecular weight is 507 g/mol. The highest BCUT2D eigenvalue weighted by Gasteiger charge is 2.10. The number of methoxy groups -OCH3 is 1. The summed E-state index contributed by atoms with van der Waals surface area (Å²) in [5.41, 5.74) is 0. The summed E-state index contributed by atoms with van der Waals surface area (Å²) in [6, 6.07) is 7.63. The first-order chi connectivity index (χ1) is 13.1. The second kappa shape index (κ2) is 16.7. The molecule has 162 valence electrons. The molecule has 0 fully saturated rings. The first kappa shape index (κ1) is 26.8. The first-order valence-corrected chi connectivity index (χ1v) is 9.98. The number of aliphatic hydroxyl groups excluding tert-OH is 1. The minimum absolute atomic E-state index is 0. The van der Waals surface area contributed by atoms with E-state index in [-0.39, 0.29) is 30.6 Å². The average Bonchev–Trinajstić information content (AvgIpc) is 2.65. The minimum atomic E-state index is 0. The van der Waals surface area contributed by atoms with Crippen molar-refractivity contribution >= 4 is 29.9 Å². The Bertz CT molecular complexity index is 541. The molecule has 0 saturated carbocycles. The van der Waals surface area contributed by atoms with Crippen molar-refractivity contribution in [3.05, 3.63) is 24.3 Å². The molecule has 3 N–H and O–H groups in total. The van der Waals surface area contributed by atoms with Crippen LogP contribution in [0.2, 0.25) is 0 Å². The third-order valence-electron chi connectivity index (χ3n) is 4.12. The third kappa shape index (κ3) is 12.3.